The second-order valence-electron chi connectivity index (χ2n) is 30.5. The summed E-state index contributed by atoms with van der Waals surface area (Å²) < 4.78 is 0. The topological polar surface area (TPSA) is 917 Å². The highest BCUT2D eigenvalue weighted by Gasteiger charge is 2.54. The first-order valence-corrected chi connectivity index (χ1v) is 41.8. The van der Waals surface area contributed by atoms with Crippen LogP contribution in [0.3, 0.4) is 0 Å². The fraction of sp³-hybridized carbons (Fsp3) is 0.618. The van der Waals surface area contributed by atoms with E-state index >= 15 is 0 Å². The summed E-state index contributed by atoms with van der Waals surface area (Å²) in [5.74, 6) is -20.0. The SMILES string of the molecule is CC(=O)/C=C/C(=O)O.CC(=O)/C=C\C(=O)O.CC(=O)C(=O)O.CC(=O)C(C)(C)C(=O)O.CC(=O)C(C)C(=O)O.CC(=O)C(O)C(O)C(O)C(O)C(=O)O.CC(=O)C(O)CC(=O)O.CC(=O)C1(C(=O)O)CC1.CC(=O)C1(C(=O)O)CCC1.CC(=O)CC(=O)O.CC(=O)CCC(=O)O.CC(=O)CCCC(=O)O.CC(=O)CCCCC(=O)O.CC(=O)CCCCCC(=O)O.CC(=O)CCCCCCCC(=O)O. The molecule has 0 saturated heterocycles. The summed E-state index contributed by atoms with van der Waals surface area (Å²) in [7, 11) is 0. The van der Waals surface area contributed by atoms with Crippen LogP contribution in [0.5, 0.6) is 0 Å². The zero-order chi connectivity index (χ0) is 113. The maximum Gasteiger partial charge on any atom is 0.371 e. The minimum absolute atomic E-state index is 0.0463. The van der Waals surface area contributed by atoms with Gasteiger partial charge in [0.15, 0.2) is 29.2 Å². The van der Waals surface area contributed by atoms with Gasteiger partial charge in [0.1, 0.15) is 111 Å². The normalized spacial score (nSPS) is 12.4. The average molecular weight is 2010 g/mol. The number of hydrogen-bond acceptors (Lipinski definition) is 35. The van der Waals surface area contributed by atoms with Crippen LogP contribution in [0.1, 0.15) is 304 Å². The molecule has 0 aromatic carbocycles. The number of carboxylic acids is 15. The van der Waals surface area contributed by atoms with Crippen LogP contribution in [0.25, 0.3) is 0 Å². The van der Waals surface area contributed by atoms with Crippen molar-refractivity contribution in [1.82, 2.24) is 0 Å². The molecule has 50 heteroatoms. The van der Waals surface area contributed by atoms with Gasteiger partial charge in [-0.1, -0.05) is 32.1 Å². The van der Waals surface area contributed by atoms with Crippen molar-refractivity contribution in [3.05, 3.63) is 24.3 Å². The van der Waals surface area contributed by atoms with Gasteiger partial charge in [0.2, 0.25) is 5.78 Å². The summed E-state index contributed by atoms with van der Waals surface area (Å²) in [5, 5.41) is 166. The highest BCUT2D eigenvalue weighted by Crippen LogP contribution is 2.46. The van der Waals surface area contributed by atoms with E-state index in [1.807, 2.05) is 0 Å². The summed E-state index contributed by atoms with van der Waals surface area (Å²) >= 11 is 0. The average Bonchev–Trinajstić information content (AvgIpc) is 1.65. The summed E-state index contributed by atoms with van der Waals surface area (Å²) in [6.45, 7) is 23.8. The summed E-state index contributed by atoms with van der Waals surface area (Å²) in [6, 6.07) is 0. The van der Waals surface area contributed by atoms with Crippen LogP contribution < -0.4 is 0 Å². The van der Waals surface area contributed by atoms with Crippen molar-refractivity contribution in [1.29, 1.82) is 0 Å². The molecule has 6 unspecified atom stereocenters. The fourth-order valence-corrected chi connectivity index (χ4v) is 7.50. The molecule has 0 radical (unpaired) electrons. The van der Waals surface area contributed by atoms with Crippen molar-refractivity contribution in [3.63, 3.8) is 0 Å². The molecule has 0 spiro atoms. The molecule has 2 aliphatic rings. The zero-order valence-electron chi connectivity index (χ0n) is 81.3. The lowest BCUT2D eigenvalue weighted by Gasteiger charge is -2.34. The number of carboxylic acid groups (broad SMARTS) is 15. The zero-order valence-corrected chi connectivity index (χ0v) is 81.3. The Morgan fingerprint density at radius 2 is 0.568 bits per heavy atom. The van der Waals surface area contributed by atoms with E-state index in [0.29, 0.717) is 77.0 Å². The number of Topliss-reactive ketones (excluding diaryl/α,β-unsaturated/α-hetero) is 13. The van der Waals surface area contributed by atoms with E-state index in [1.165, 1.54) is 90.0 Å². The molecular formula is C89H140O50. The Bertz CT molecular complexity index is 3770. The Morgan fingerprint density at radius 3 is 0.705 bits per heavy atom. The van der Waals surface area contributed by atoms with Crippen molar-refractivity contribution >= 4 is 176 Å². The first kappa shape index (κ1) is 154. The molecule has 0 aliphatic heterocycles. The molecule has 20 N–H and O–H groups in total. The third kappa shape index (κ3) is 118. The summed E-state index contributed by atoms with van der Waals surface area (Å²) in [6.07, 6.45) is 7.92. The predicted molar refractivity (Wildman–Crippen MR) is 480 cm³/mol. The third-order valence-electron chi connectivity index (χ3n) is 16.8. The first-order chi connectivity index (χ1) is 63.1. The second kappa shape index (κ2) is 90.8. The number of aliphatic hydroxyl groups is 5. The summed E-state index contributed by atoms with van der Waals surface area (Å²) in [4.78, 5) is 303. The second-order valence-corrected chi connectivity index (χ2v) is 30.5. The van der Waals surface area contributed by atoms with Crippen LogP contribution in [-0.4, -0.2) is 309 Å². The molecule has 796 valence electrons. The smallest absolute Gasteiger partial charge is 0.371 e. The molecule has 139 heavy (non-hydrogen) atoms. The molecule has 2 rings (SSSR count). The van der Waals surface area contributed by atoms with Crippen LogP contribution in [0.4, 0.5) is 0 Å². The van der Waals surface area contributed by atoms with Crippen LogP contribution in [0.2, 0.25) is 0 Å². The third-order valence-corrected chi connectivity index (χ3v) is 16.8. The molecular weight excluding hydrogens is 1870 g/mol. The van der Waals surface area contributed by atoms with Gasteiger partial charge < -0.3 is 126 Å². The van der Waals surface area contributed by atoms with Crippen LogP contribution >= 0.6 is 0 Å². The lowest BCUT2D eigenvalue weighted by atomic mass is 9.66. The Balaban J connectivity index is -0.000000112. The fourth-order valence-electron chi connectivity index (χ4n) is 7.50. The van der Waals surface area contributed by atoms with Crippen molar-refractivity contribution in [2.75, 3.05) is 0 Å². The van der Waals surface area contributed by atoms with Crippen molar-refractivity contribution < 1.29 is 246 Å². The monoisotopic (exact) mass is 2010 g/mol. The van der Waals surface area contributed by atoms with Gasteiger partial charge in [-0.25, -0.2) is 19.2 Å². The van der Waals surface area contributed by atoms with Gasteiger partial charge in [-0.3, -0.25) is 101 Å². The van der Waals surface area contributed by atoms with Gasteiger partial charge in [-0.2, -0.15) is 0 Å². The molecule has 0 aromatic rings. The molecule has 0 heterocycles. The van der Waals surface area contributed by atoms with Gasteiger partial charge in [-0.15, -0.1) is 0 Å². The highest BCUT2D eigenvalue weighted by molar-refractivity contribution is 6.31. The van der Waals surface area contributed by atoms with Gasteiger partial charge in [0.05, 0.1) is 12.8 Å². The number of ketones is 15. The first-order valence-electron chi connectivity index (χ1n) is 41.8. The number of aliphatic hydroxyl groups excluding tert-OH is 5. The molecule has 2 aliphatic carbocycles. The van der Waals surface area contributed by atoms with Gasteiger partial charge in [0, 0.05) is 76.9 Å². The van der Waals surface area contributed by atoms with E-state index in [1.54, 1.807) is 13.8 Å². The standard InChI is InChI=1S/C10H18O3.C8H14O3.C7H12O7.C7H10O3.C7H12O3.C6H8O3.2C6H10O3.C5H8O4.C5H8O3.2C5H6O3.C5H8O3.C4H6O3.C3H4O3/c1-9(11)7-5-3-2-4-6-8-10(12)13;1-7(9)5-3-2-4-6-8(10)11;1-2(8)3(9)4(10)5(11)6(12)7(13)14;1-5(8)7(6(9)10)3-2-4-7;1-6(8)4-2-3-5-7(9)10;1-4(7)6(2-3-6)5(8)9;1-4(7)6(2,3)5(8)9;1-5(7)3-2-4-6(8)9;1-3(6)4(7)2-5(8)9;3*1-4(6)2-3-5(7)8;1-3(4(2)6)5(7)8;1-3(5)2-4(6)7;1-2(4)3(5)6/h2-8H2,1H3,(H,12,13);2-6H2,1H3,(H,10,11);3-6,9-12H,1H3,(H,13,14);2-4H2,1H3,(H,9,10);2-5H2,1H3,(H,9,10);2-3H2,1H3,(H,8,9);1-3H3,(H,8,9);2-4H2,1H3,(H,8,9);4,7H,2H2,1H3,(H,8,9);2-3H2,1H3,(H,7,8);2*2-3H,1H3,(H,7,8);3H,1-2H3,(H,7,8);2H2,1H3,(H,6,7);1H3,(H,5,6)/b;;;;;;;;;;3-2+;3-2-;;;. The van der Waals surface area contributed by atoms with Gasteiger partial charge >= 0.3 is 89.5 Å². The lowest BCUT2D eigenvalue weighted by Crippen LogP contribution is -2.49. The maximum atomic E-state index is 10.8. The molecule has 0 bridgehead atoms. The summed E-state index contributed by atoms with van der Waals surface area (Å²) in [5.41, 5.74) is -3.19. The predicted octanol–water partition coefficient (Wildman–Crippen LogP) is 5.40. The number of aliphatic carboxylic acids is 15. The highest BCUT2D eigenvalue weighted by atomic mass is 16.4. The maximum absolute atomic E-state index is 10.8. The number of unbranched alkanes of at least 4 members (excludes halogenated alkanes) is 7. The number of carbonyl (C=O) groups excluding carboxylic acids is 15. The van der Waals surface area contributed by atoms with E-state index in [4.69, 9.17) is 102 Å². The quantitative estimate of drug-likeness (QED) is 0.0157. The Morgan fingerprint density at radius 1 is 0.295 bits per heavy atom. The Kier molecular flexibility index (Phi) is 100. The van der Waals surface area contributed by atoms with Crippen molar-refractivity contribution in [3.8, 4) is 0 Å². The van der Waals surface area contributed by atoms with Crippen molar-refractivity contribution in [2.24, 2.45) is 22.2 Å². The van der Waals surface area contributed by atoms with E-state index in [9.17, 15) is 144 Å². The number of rotatable bonds is 49. The van der Waals surface area contributed by atoms with Crippen LogP contribution in [0.15, 0.2) is 24.3 Å². The van der Waals surface area contributed by atoms with Crippen LogP contribution in [0, 0.1) is 22.2 Å². The largest absolute Gasteiger partial charge is 0.481 e. The van der Waals surface area contributed by atoms with E-state index in [2.05, 4.69) is 0 Å². The molecule has 6 atom stereocenters. The van der Waals surface area contributed by atoms with E-state index in [-0.39, 0.29) is 114 Å². The minimum Gasteiger partial charge on any atom is -0.481 e. The molecule has 2 saturated carbocycles. The Hall–Kier alpha value is -13.6. The molecule has 2 fully saturated rings. The van der Waals surface area contributed by atoms with Crippen LogP contribution in [-0.2, 0) is 144 Å². The van der Waals surface area contributed by atoms with E-state index < -0.39 is 166 Å². The number of carbonyl (C=O) groups is 30. The lowest BCUT2D eigenvalue weighted by molar-refractivity contribution is -0.165. The molecule has 0 amide bonds. The molecule has 0 aromatic heterocycles. The number of hydrogen-bond donors (Lipinski definition) is 20. The van der Waals surface area contributed by atoms with E-state index in [0.717, 1.165) is 96.4 Å². The number of allylic oxidation sites excluding steroid dienone is 2. The van der Waals surface area contributed by atoms with Crippen molar-refractivity contribution in [2.45, 2.75) is 335 Å². The van der Waals surface area contributed by atoms with Gasteiger partial charge in [0.25, 0.3) is 0 Å². The van der Waals surface area contributed by atoms with Gasteiger partial charge in [-0.05, 0) is 200 Å². The Labute approximate surface area is 800 Å². The molecule has 50 nitrogen and oxygen atoms in total. The minimum atomic E-state index is -2.25.